The van der Waals surface area contributed by atoms with Crippen molar-refractivity contribution in [3.05, 3.63) is 41.0 Å². The molecule has 5 saturated carbocycles. The number of aliphatic carboxylic acids is 1. The number of nitrogens with zero attached hydrogens (tertiary/aromatic N) is 1. The van der Waals surface area contributed by atoms with Gasteiger partial charge < -0.3 is 20.4 Å². The van der Waals surface area contributed by atoms with E-state index in [1.807, 2.05) is 6.92 Å². The molecule has 1 aromatic rings. The highest BCUT2D eigenvalue weighted by Crippen LogP contribution is 2.74. The van der Waals surface area contributed by atoms with Crippen LogP contribution in [0.15, 0.2) is 35.4 Å². The lowest BCUT2D eigenvalue weighted by atomic mass is 9.35. The van der Waals surface area contributed by atoms with Crippen LogP contribution in [0.5, 0.6) is 0 Å². The molecule has 1 aromatic carbocycles. The number of carboxylic acid groups (broad SMARTS) is 1. The summed E-state index contributed by atoms with van der Waals surface area (Å²) in [6.07, 6.45) is 13.9. The number of ketones is 2. The van der Waals surface area contributed by atoms with Crippen LogP contribution in [0.4, 0.5) is 5.69 Å². The van der Waals surface area contributed by atoms with Gasteiger partial charge in [-0.15, -0.1) is 0 Å². The third kappa shape index (κ3) is 6.89. The number of aliphatic hydroxyl groups excluding tert-OH is 1. The number of hydrogen-bond acceptors (Lipinski definition) is 6. The fourth-order valence-corrected chi connectivity index (χ4v) is 15.6. The lowest BCUT2D eigenvalue weighted by Gasteiger charge is -2.69. The summed E-state index contributed by atoms with van der Waals surface area (Å²) in [7, 11) is 0. The number of fused-ring (bicyclic) bond motifs is 7. The van der Waals surface area contributed by atoms with E-state index in [2.05, 4.69) is 76.0 Å². The summed E-state index contributed by atoms with van der Waals surface area (Å²) in [6, 6.07) is 8.95. The largest absolute Gasteiger partial charge is 0.481 e. The van der Waals surface area contributed by atoms with Crippen molar-refractivity contribution in [2.24, 2.45) is 74.9 Å². The molecule has 6 fully saturated rings. The zero-order chi connectivity index (χ0) is 40.7. The highest BCUT2D eigenvalue weighted by atomic mass is 16.4. The zero-order valence-electron chi connectivity index (χ0n) is 36.4. The van der Waals surface area contributed by atoms with E-state index in [1.165, 1.54) is 55.3 Å². The third-order valence-electron chi connectivity index (χ3n) is 18.8. The van der Waals surface area contributed by atoms with Crippen LogP contribution in [0.3, 0.4) is 0 Å². The second-order valence-corrected chi connectivity index (χ2v) is 22.0. The van der Waals surface area contributed by atoms with Crippen molar-refractivity contribution in [2.75, 3.05) is 24.5 Å². The molecule has 0 amide bonds. The number of hydrogen-bond donors (Lipinski definition) is 3. The van der Waals surface area contributed by atoms with Crippen LogP contribution < -0.4 is 10.2 Å². The first-order chi connectivity index (χ1) is 27.0. The Morgan fingerprint density at radius 2 is 1.58 bits per heavy atom. The maximum atomic E-state index is 14.1. The summed E-state index contributed by atoms with van der Waals surface area (Å²) >= 11 is 0. The van der Waals surface area contributed by atoms with Gasteiger partial charge in [0.15, 0.2) is 5.78 Å². The molecule has 3 N–H and O–H groups in total. The fraction of sp³-hybridized carbons (Fsp3) is 0.780. The number of carboxylic acids is 1. The van der Waals surface area contributed by atoms with Crippen molar-refractivity contribution in [3.63, 3.8) is 0 Å². The lowest BCUT2D eigenvalue weighted by Crippen LogP contribution is -2.62. The molecule has 0 aromatic heterocycles. The Morgan fingerprint density at radius 3 is 2.25 bits per heavy atom. The highest BCUT2D eigenvalue weighted by Gasteiger charge is 2.66. The minimum atomic E-state index is -0.748. The predicted octanol–water partition coefficient (Wildman–Crippen LogP) is 9.65. The number of carbonyl (C=O) groups is 3. The second kappa shape index (κ2) is 15.2. The number of carbonyl (C=O) groups excluding carboxylic acids is 2. The third-order valence-corrected chi connectivity index (χ3v) is 18.8. The van der Waals surface area contributed by atoms with E-state index in [4.69, 9.17) is 0 Å². The van der Waals surface area contributed by atoms with Gasteiger partial charge in [-0.25, -0.2) is 0 Å². The standard InChI is InChI=1S/C50H74N2O5/c1-30(2)44-41(55)28-50(22-23-51-29-32-8-10-34(11-9-32)52-24-17-35(53)18-25-52)21-15-39-36(45(44)50)12-13-43-48(39,6)20-16-42-47(4,5)33(14-19-49(42,43)7)26-40(54)37-27-38(31(37)3)46(56)57/h8-11,30-31,33,35-39,42-43,51,53H,12-29H2,1-7H3,(H,56,57). The van der Waals surface area contributed by atoms with E-state index < -0.39 is 5.97 Å². The molecule has 1 aliphatic heterocycles. The SMILES string of the molecule is CC(C)C1=C2C3CCC4C(C)(CCC5C(C)(C)C(CC(=O)C6CC(C(=O)O)C6C)CCC54C)C3CCC2(CCNCc2ccc(N3CCC(O)CC3)cc2)CC1=O. The Bertz CT molecular complexity index is 1740. The topological polar surface area (TPSA) is 107 Å². The van der Waals surface area contributed by atoms with Crippen molar-refractivity contribution < 1.29 is 24.6 Å². The normalized spacial score (nSPS) is 40.2. The van der Waals surface area contributed by atoms with Gasteiger partial charge in [0.1, 0.15) is 5.78 Å². The molecule has 0 radical (unpaired) electrons. The lowest BCUT2D eigenvalue weighted by molar-refractivity contribution is -0.193. The van der Waals surface area contributed by atoms with E-state index >= 15 is 0 Å². The van der Waals surface area contributed by atoms with Crippen LogP contribution in [-0.4, -0.2) is 53.5 Å². The van der Waals surface area contributed by atoms with Crippen LogP contribution in [0.1, 0.15) is 144 Å². The number of allylic oxidation sites excluding steroid dienone is 2. The van der Waals surface area contributed by atoms with E-state index in [1.54, 1.807) is 5.57 Å². The summed E-state index contributed by atoms with van der Waals surface area (Å²) in [5, 5.41) is 23.3. The van der Waals surface area contributed by atoms with Gasteiger partial charge in [-0.05, 0) is 165 Å². The van der Waals surface area contributed by atoms with Crippen molar-refractivity contribution in [3.8, 4) is 0 Å². The number of Topliss-reactive ketones (excluding diaryl/α,β-unsaturated/α-hetero) is 2. The van der Waals surface area contributed by atoms with Crippen molar-refractivity contribution in [2.45, 2.75) is 151 Å². The van der Waals surface area contributed by atoms with Gasteiger partial charge in [0.2, 0.25) is 0 Å². The van der Waals surface area contributed by atoms with Gasteiger partial charge in [-0.1, -0.05) is 66.2 Å². The van der Waals surface area contributed by atoms with E-state index in [9.17, 15) is 24.6 Å². The molecule has 11 atom stereocenters. The molecule has 1 saturated heterocycles. The molecule has 57 heavy (non-hydrogen) atoms. The maximum absolute atomic E-state index is 14.1. The van der Waals surface area contributed by atoms with Crippen molar-refractivity contribution in [1.29, 1.82) is 0 Å². The van der Waals surface area contributed by atoms with Crippen LogP contribution in [0.2, 0.25) is 0 Å². The van der Waals surface area contributed by atoms with Gasteiger partial charge >= 0.3 is 5.97 Å². The van der Waals surface area contributed by atoms with Gasteiger partial charge in [0.05, 0.1) is 12.0 Å². The predicted molar refractivity (Wildman–Crippen MR) is 227 cm³/mol. The molecule has 7 aliphatic rings. The Kier molecular flexibility index (Phi) is 11.0. The number of benzene rings is 1. The monoisotopic (exact) mass is 783 g/mol. The van der Waals surface area contributed by atoms with Gasteiger partial charge in [0, 0.05) is 49.5 Å². The van der Waals surface area contributed by atoms with Crippen LogP contribution in [0.25, 0.3) is 0 Å². The van der Waals surface area contributed by atoms with Crippen molar-refractivity contribution in [1.82, 2.24) is 5.32 Å². The average molecular weight is 783 g/mol. The van der Waals surface area contributed by atoms with Gasteiger partial charge in [-0.3, -0.25) is 14.4 Å². The molecule has 1 heterocycles. The maximum Gasteiger partial charge on any atom is 0.306 e. The molecule has 7 heteroatoms. The number of anilines is 1. The molecule has 0 bridgehead atoms. The minimum absolute atomic E-state index is 0.00710. The molecule has 314 valence electrons. The molecular weight excluding hydrogens is 709 g/mol. The Labute approximate surface area is 343 Å². The Morgan fingerprint density at radius 1 is 0.877 bits per heavy atom. The number of piperidine rings is 1. The Hall–Kier alpha value is -2.51. The first-order valence-electron chi connectivity index (χ1n) is 23.3. The molecular formula is C50H74N2O5. The molecule has 6 aliphatic carbocycles. The summed E-state index contributed by atoms with van der Waals surface area (Å²) in [5.41, 5.74) is 5.87. The number of aliphatic hydroxyl groups is 1. The summed E-state index contributed by atoms with van der Waals surface area (Å²) in [4.78, 5) is 41.7. The number of nitrogens with one attached hydrogen (secondary N) is 1. The van der Waals surface area contributed by atoms with E-state index in [0.717, 1.165) is 58.3 Å². The zero-order valence-corrected chi connectivity index (χ0v) is 36.4. The first kappa shape index (κ1) is 41.2. The molecule has 0 spiro atoms. The summed E-state index contributed by atoms with van der Waals surface area (Å²) < 4.78 is 0. The minimum Gasteiger partial charge on any atom is -0.481 e. The van der Waals surface area contributed by atoms with E-state index in [0.29, 0.717) is 60.4 Å². The van der Waals surface area contributed by atoms with Crippen LogP contribution in [0, 0.1) is 74.9 Å². The molecule has 8 rings (SSSR count). The molecule has 7 nitrogen and oxygen atoms in total. The van der Waals surface area contributed by atoms with E-state index in [-0.39, 0.29) is 51.4 Å². The van der Waals surface area contributed by atoms with Gasteiger partial charge in [0.25, 0.3) is 0 Å². The first-order valence-corrected chi connectivity index (χ1v) is 23.3. The smallest absolute Gasteiger partial charge is 0.306 e. The van der Waals surface area contributed by atoms with Crippen LogP contribution in [-0.2, 0) is 20.9 Å². The average Bonchev–Trinajstić information content (AvgIpc) is 3.46. The highest BCUT2D eigenvalue weighted by molar-refractivity contribution is 6.00. The number of rotatable bonds is 11. The molecule has 11 unspecified atom stereocenters. The quantitative estimate of drug-likeness (QED) is 0.192. The second-order valence-electron chi connectivity index (χ2n) is 22.0. The summed E-state index contributed by atoms with van der Waals surface area (Å²) in [6.45, 7) is 20.3. The van der Waals surface area contributed by atoms with Gasteiger partial charge in [-0.2, -0.15) is 0 Å². The summed E-state index contributed by atoms with van der Waals surface area (Å²) in [5.74, 6) is 2.50. The Balaban J connectivity index is 0.944. The van der Waals surface area contributed by atoms with Crippen molar-refractivity contribution >= 4 is 23.2 Å². The fourth-order valence-electron chi connectivity index (χ4n) is 15.6. The van der Waals surface area contributed by atoms with Crippen LogP contribution >= 0.6 is 0 Å².